The highest BCUT2D eigenvalue weighted by atomic mass is 35.5. The standard InChI is InChI=1S/C23H26Cl2N2O2/c24-17-3-9-22(10-4-17)29-14-23(28)27-20-7-5-19(6-8-20)26-21-12-15-1-2-18(25)11-16(15)13-21/h1-4,9-11,19-21,26H,5-8,12-14H2,(H,27,28). The summed E-state index contributed by atoms with van der Waals surface area (Å²) >= 11 is 12.0. The normalized spacial score (nSPS) is 23.4. The molecule has 0 radical (unpaired) electrons. The van der Waals surface area contributed by atoms with Crippen LogP contribution in [0.4, 0.5) is 0 Å². The predicted octanol–water partition coefficient (Wildman–Crippen LogP) is 4.56. The number of halogens is 2. The number of benzene rings is 2. The lowest BCUT2D eigenvalue weighted by Gasteiger charge is -2.31. The van der Waals surface area contributed by atoms with E-state index in [4.69, 9.17) is 27.9 Å². The molecule has 4 nitrogen and oxygen atoms in total. The predicted molar refractivity (Wildman–Crippen MR) is 117 cm³/mol. The van der Waals surface area contributed by atoms with Crippen LogP contribution in [0, 0.1) is 0 Å². The minimum Gasteiger partial charge on any atom is -0.484 e. The molecule has 1 saturated carbocycles. The Balaban J connectivity index is 1.16. The van der Waals surface area contributed by atoms with Gasteiger partial charge in [-0.05, 0) is 86.1 Å². The van der Waals surface area contributed by atoms with Gasteiger partial charge >= 0.3 is 0 Å². The molecule has 0 aliphatic heterocycles. The monoisotopic (exact) mass is 432 g/mol. The van der Waals surface area contributed by atoms with Gasteiger partial charge in [-0.15, -0.1) is 0 Å². The molecule has 6 heteroatoms. The molecular formula is C23H26Cl2N2O2. The third kappa shape index (κ3) is 5.65. The summed E-state index contributed by atoms with van der Waals surface area (Å²) in [6, 6.07) is 14.5. The van der Waals surface area contributed by atoms with E-state index in [0.29, 0.717) is 22.9 Å². The van der Waals surface area contributed by atoms with Gasteiger partial charge in [0.15, 0.2) is 6.61 Å². The zero-order valence-corrected chi connectivity index (χ0v) is 17.8. The van der Waals surface area contributed by atoms with Crippen molar-refractivity contribution in [2.75, 3.05) is 6.61 Å². The van der Waals surface area contributed by atoms with Crippen LogP contribution in [0.25, 0.3) is 0 Å². The van der Waals surface area contributed by atoms with Gasteiger partial charge in [0.1, 0.15) is 5.75 Å². The molecule has 1 unspecified atom stereocenters. The fourth-order valence-corrected chi connectivity index (χ4v) is 4.71. The fraction of sp³-hybridized carbons (Fsp3) is 0.435. The molecular weight excluding hydrogens is 407 g/mol. The van der Waals surface area contributed by atoms with Crippen LogP contribution in [-0.4, -0.2) is 30.6 Å². The van der Waals surface area contributed by atoms with Gasteiger partial charge in [0.2, 0.25) is 0 Å². The second-order valence-electron chi connectivity index (χ2n) is 8.04. The maximum Gasteiger partial charge on any atom is 0.258 e. The van der Waals surface area contributed by atoms with Crippen LogP contribution in [0.15, 0.2) is 42.5 Å². The van der Waals surface area contributed by atoms with Crippen LogP contribution in [-0.2, 0) is 17.6 Å². The van der Waals surface area contributed by atoms with Crippen LogP contribution in [0.5, 0.6) is 5.75 Å². The van der Waals surface area contributed by atoms with Crippen molar-refractivity contribution in [2.45, 2.75) is 56.7 Å². The first kappa shape index (κ1) is 20.5. The molecule has 1 amide bonds. The summed E-state index contributed by atoms with van der Waals surface area (Å²) in [5.74, 6) is 0.579. The van der Waals surface area contributed by atoms with Gasteiger partial charge in [-0.1, -0.05) is 29.3 Å². The van der Waals surface area contributed by atoms with Crippen molar-refractivity contribution >= 4 is 29.1 Å². The molecule has 0 bridgehead atoms. The van der Waals surface area contributed by atoms with Crippen molar-refractivity contribution in [1.29, 1.82) is 0 Å². The first-order valence-electron chi connectivity index (χ1n) is 10.3. The SMILES string of the molecule is O=C(COc1ccc(Cl)cc1)NC1CCC(NC2Cc3ccc(Cl)cc3C2)CC1. The van der Waals surface area contributed by atoms with Crippen molar-refractivity contribution in [2.24, 2.45) is 0 Å². The van der Waals surface area contributed by atoms with E-state index >= 15 is 0 Å². The number of ether oxygens (including phenoxy) is 1. The first-order valence-corrected chi connectivity index (χ1v) is 11.0. The van der Waals surface area contributed by atoms with Crippen molar-refractivity contribution in [3.63, 3.8) is 0 Å². The van der Waals surface area contributed by atoms with E-state index < -0.39 is 0 Å². The van der Waals surface area contributed by atoms with E-state index in [9.17, 15) is 4.79 Å². The van der Waals surface area contributed by atoms with Gasteiger partial charge in [-0.2, -0.15) is 0 Å². The van der Waals surface area contributed by atoms with E-state index in [1.54, 1.807) is 24.3 Å². The summed E-state index contributed by atoms with van der Waals surface area (Å²) < 4.78 is 5.52. The van der Waals surface area contributed by atoms with Crippen molar-refractivity contribution in [1.82, 2.24) is 10.6 Å². The number of fused-ring (bicyclic) bond motifs is 1. The van der Waals surface area contributed by atoms with E-state index in [2.05, 4.69) is 22.8 Å². The molecule has 0 spiro atoms. The molecule has 1 fully saturated rings. The number of hydrogen-bond donors (Lipinski definition) is 2. The Labute approximate surface area is 181 Å². The summed E-state index contributed by atoms with van der Waals surface area (Å²) in [4.78, 5) is 12.2. The summed E-state index contributed by atoms with van der Waals surface area (Å²) in [6.45, 7) is 0.0305. The number of hydrogen-bond acceptors (Lipinski definition) is 3. The quantitative estimate of drug-likeness (QED) is 0.703. The highest BCUT2D eigenvalue weighted by molar-refractivity contribution is 6.30. The van der Waals surface area contributed by atoms with Crippen LogP contribution in [0.2, 0.25) is 10.0 Å². The third-order valence-corrected chi connectivity index (χ3v) is 6.34. The number of carbonyl (C=O) groups excluding carboxylic acids is 1. The zero-order valence-electron chi connectivity index (χ0n) is 16.3. The lowest BCUT2D eigenvalue weighted by atomic mass is 9.90. The average Bonchev–Trinajstić information content (AvgIpc) is 3.10. The van der Waals surface area contributed by atoms with Crippen LogP contribution < -0.4 is 15.4 Å². The minimum atomic E-state index is -0.0699. The van der Waals surface area contributed by atoms with Gasteiger partial charge in [0, 0.05) is 28.2 Å². The van der Waals surface area contributed by atoms with Gasteiger partial charge in [-0.25, -0.2) is 0 Å². The molecule has 154 valence electrons. The number of nitrogens with one attached hydrogen (secondary N) is 2. The second kappa shape index (κ2) is 9.38. The van der Waals surface area contributed by atoms with Crippen LogP contribution >= 0.6 is 23.2 Å². The fourth-order valence-electron chi connectivity index (χ4n) is 4.39. The van der Waals surface area contributed by atoms with E-state index in [0.717, 1.165) is 43.5 Å². The van der Waals surface area contributed by atoms with Crippen LogP contribution in [0.3, 0.4) is 0 Å². The highest BCUT2D eigenvalue weighted by Crippen LogP contribution is 2.27. The van der Waals surface area contributed by atoms with Gasteiger partial charge in [0.25, 0.3) is 5.91 Å². The molecule has 0 heterocycles. The molecule has 29 heavy (non-hydrogen) atoms. The minimum absolute atomic E-state index is 0.0305. The van der Waals surface area contributed by atoms with Gasteiger partial charge in [-0.3, -0.25) is 4.79 Å². The Hall–Kier alpha value is -1.75. The maximum absolute atomic E-state index is 12.2. The average molecular weight is 433 g/mol. The summed E-state index contributed by atoms with van der Waals surface area (Å²) in [5, 5.41) is 8.39. The number of carbonyl (C=O) groups is 1. The Morgan fingerprint density at radius 1 is 0.862 bits per heavy atom. The summed E-state index contributed by atoms with van der Waals surface area (Å²) in [6.07, 6.45) is 6.28. The van der Waals surface area contributed by atoms with Crippen molar-refractivity contribution < 1.29 is 9.53 Å². The Morgan fingerprint density at radius 3 is 2.28 bits per heavy atom. The van der Waals surface area contributed by atoms with E-state index in [1.807, 2.05) is 6.07 Å². The summed E-state index contributed by atoms with van der Waals surface area (Å²) in [7, 11) is 0. The number of amides is 1. The second-order valence-corrected chi connectivity index (χ2v) is 8.92. The molecule has 2 aromatic rings. The maximum atomic E-state index is 12.2. The van der Waals surface area contributed by atoms with Crippen molar-refractivity contribution in [3.05, 3.63) is 63.6 Å². The van der Waals surface area contributed by atoms with E-state index in [1.165, 1.54) is 11.1 Å². The van der Waals surface area contributed by atoms with Crippen LogP contribution in [0.1, 0.15) is 36.8 Å². The smallest absolute Gasteiger partial charge is 0.258 e. The molecule has 2 aromatic carbocycles. The molecule has 1 atom stereocenters. The Bertz CT molecular complexity index is 848. The molecule has 0 saturated heterocycles. The van der Waals surface area contributed by atoms with Gasteiger partial charge < -0.3 is 15.4 Å². The Kier molecular flexibility index (Phi) is 6.63. The summed E-state index contributed by atoms with van der Waals surface area (Å²) in [5.41, 5.74) is 2.78. The molecule has 0 aromatic heterocycles. The Morgan fingerprint density at radius 2 is 1.52 bits per heavy atom. The zero-order chi connectivity index (χ0) is 20.2. The number of rotatable bonds is 6. The van der Waals surface area contributed by atoms with Gasteiger partial charge in [0.05, 0.1) is 0 Å². The lowest BCUT2D eigenvalue weighted by Crippen LogP contribution is -2.46. The molecule has 2 aliphatic carbocycles. The van der Waals surface area contributed by atoms with Crippen molar-refractivity contribution in [3.8, 4) is 5.75 Å². The molecule has 2 aliphatic rings. The lowest BCUT2D eigenvalue weighted by molar-refractivity contribution is -0.124. The largest absolute Gasteiger partial charge is 0.484 e. The highest BCUT2D eigenvalue weighted by Gasteiger charge is 2.27. The van der Waals surface area contributed by atoms with E-state index in [-0.39, 0.29) is 18.6 Å². The molecule has 2 N–H and O–H groups in total. The topological polar surface area (TPSA) is 50.4 Å². The third-order valence-electron chi connectivity index (χ3n) is 5.85. The first-order chi connectivity index (χ1) is 14.0. The molecule has 4 rings (SSSR count).